The van der Waals surface area contributed by atoms with E-state index in [1.54, 1.807) is 6.92 Å². The van der Waals surface area contributed by atoms with Crippen LogP contribution in [0.4, 0.5) is 14.5 Å². The summed E-state index contributed by atoms with van der Waals surface area (Å²) in [6.45, 7) is 4.12. The van der Waals surface area contributed by atoms with Gasteiger partial charge in [-0.2, -0.15) is 0 Å². The van der Waals surface area contributed by atoms with Gasteiger partial charge in [0, 0.05) is 6.07 Å². The van der Waals surface area contributed by atoms with Gasteiger partial charge < -0.3 is 9.88 Å². The van der Waals surface area contributed by atoms with Crippen LogP contribution >= 0.6 is 11.8 Å². The maximum Gasteiger partial charge on any atom is 0.237 e. The molecule has 2 aromatic carbocycles. The van der Waals surface area contributed by atoms with Gasteiger partial charge in [0.25, 0.3) is 0 Å². The first-order chi connectivity index (χ1) is 12.9. The summed E-state index contributed by atoms with van der Waals surface area (Å²) in [6, 6.07) is 12.9. The fraction of sp³-hybridized carbons (Fsp3) is 0.211. The third-order valence-electron chi connectivity index (χ3n) is 3.93. The molecule has 27 heavy (non-hydrogen) atoms. The highest BCUT2D eigenvalue weighted by atomic mass is 32.2. The monoisotopic (exact) mass is 388 g/mol. The van der Waals surface area contributed by atoms with E-state index in [1.807, 2.05) is 41.8 Å². The first kappa shape index (κ1) is 19.0. The van der Waals surface area contributed by atoms with E-state index in [1.165, 1.54) is 17.8 Å². The van der Waals surface area contributed by atoms with Gasteiger partial charge in [0.1, 0.15) is 17.5 Å². The van der Waals surface area contributed by atoms with E-state index in [4.69, 9.17) is 0 Å². The van der Waals surface area contributed by atoms with Crippen molar-refractivity contribution in [2.45, 2.75) is 30.8 Å². The minimum atomic E-state index is -0.816. The third-order valence-corrected chi connectivity index (χ3v) is 5.01. The molecule has 3 rings (SSSR count). The van der Waals surface area contributed by atoms with Crippen LogP contribution in [0.2, 0.25) is 0 Å². The van der Waals surface area contributed by atoms with Crippen LogP contribution in [0.3, 0.4) is 0 Å². The van der Waals surface area contributed by atoms with E-state index in [2.05, 4.69) is 15.5 Å². The molecule has 0 fully saturated rings. The number of carbonyl (C=O) groups is 1. The van der Waals surface area contributed by atoms with Gasteiger partial charge in [-0.05, 0) is 31.5 Å². The molecule has 1 amide bonds. The van der Waals surface area contributed by atoms with Crippen LogP contribution in [0.25, 0.3) is 0 Å². The molecule has 1 atom stereocenters. The largest absolute Gasteiger partial charge is 0.323 e. The molecule has 0 radical (unpaired) electrons. The van der Waals surface area contributed by atoms with Crippen LogP contribution in [0.5, 0.6) is 0 Å². The van der Waals surface area contributed by atoms with Gasteiger partial charge in [0.15, 0.2) is 5.16 Å². The Kier molecular flexibility index (Phi) is 5.85. The Bertz CT molecular complexity index is 946. The predicted octanol–water partition coefficient (Wildman–Crippen LogP) is 4.03. The van der Waals surface area contributed by atoms with Crippen LogP contribution in [0.1, 0.15) is 18.3 Å². The molecule has 1 N–H and O–H groups in total. The zero-order valence-corrected chi connectivity index (χ0v) is 15.6. The minimum absolute atomic E-state index is 0.0595. The number of nitrogens with zero attached hydrogens (tertiary/aromatic N) is 3. The standard InChI is InChI=1S/C19H18F2N4OS/c1-12(18(26)22-17-9-8-15(20)10-16(17)21)27-19-24-23-13(2)25(19)11-14-6-4-3-5-7-14/h3-10,12H,11H2,1-2H3,(H,22,26)/t12-/m1/s1. The molecule has 3 aromatic rings. The average molecular weight is 388 g/mol. The quantitative estimate of drug-likeness (QED) is 0.648. The molecular weight excluding hydrogens is 370 g/mol. The summed E-state index contributed by atoms with van der Waals surface area (Å²) in [5.41, 5.74) is 1.03. The molecule has 0 aliphatic heterocycles. The van der Waals surface area contributed by atoms with Gasteiger partial charge in [0.05, 0.1) is 17.5 Å². The van der Waals surface area contributed by atoms with Crippen molar-refractivity contribution in [3.05, 3.63) is 71.6 Å². The topological polar surface area (TPSA) is 59.8 Å². The van der Waals surface area contributed by atoms with Crippen molar-refractivity contribution in [1.82, 2.24) is 14.8 Å². The third kappa shape index (κ3) is 4.71. The molecule has 0 aliphatic carbocycles. The predicted molar refractivity (Wildman–Crippen MR) is 101 cm³/mol. The number of hydrogen-bond acceptors (Lipinski definition) is 4. The second kappa shape index (κ2) is 8.30. The zero-order valence-electron chi connectivity index (χ0n) is 14.8. The number of benzene rings is 2. The molecule has 8 heteroatoms. The molecule has 0 bridgehead atoms. The van der Waals surface area contributed by atoms with E-state index in [0.717, 1.165) is 23.5 Å². The van der Waals surface area contributed by atoms with Crippen molar-refractivity contribution < 1.29 is 13.6 Å². The molecule has 0 saturated carbocycles. The summed E-state index contributed by atoms with van der Waals surface area (Å²) in [7, 11) is 0. The number of aryl methyl sites for hydroxylation is 1. The number of hydrogen-bond donors (Lipinski definition) is 1. The van der Waals surface area contributed by atoms with E-state index < -0.39 is 22.8 Å². The normalized spacial score (nSPS) is 12.0. The Morgan fingerprint density at radius 2 is 1.93 bits per heavy atom. The van der Waals surface area contributed by atoms with Gasteiger partial charge in [-0.1, -0.05) is 42.1 Å². The molecule has 0 saturated heterocycles. The lowest BCUT2D eigenvalue weighted by molar-refractivity contribution is -0.115. The van der Waals surface area contributed by atoms with Crippen molar-refractivity contribution in [3.63, 3.8) is 0 Å². The van der Waals surface area contributed by atoms with Crippen LogP contribution in [-0.2, 0) is 11.3 Å². The SMILES string of the molecule is Cc1nnc(S[C@H](C)C(=O)Nc2ccc(F)cc2F)n1Cc1ccccc1. The van der Waals surface area contributed by atoms with Crippen LogP contribution in [0.15, 0.2) is 53.7 Å². The van der Waals surface area contributed by atoms with Gasteiger partial charge in [-0.15, -0.1) is 10.2 Å². The maximum atomic E-state index is 13.7. The molecule has 0 unspecified atom stereocenters. The van der Waals surface area contributed by atoms with E-state index >= 15 is 0 Å². The number of thioether (sulfide) groups is 1. The number of rotatable bonds is 6. The van der Waals surface area contributed by atoms with Crippen molar-refractivity contribution in [2.75, 3.05) is 5.32 Å². The van der Waals surface area contributed by atoms with Gasteiger partial charge in [-0.25, -0.2) is 8.78 Å². The number of amides is 1. The Morgan fingerprint density at radius 3 is 2.63 bits per heavy atom. The summed E-state index contributed by atoms with van der Waals surface area (Å²) in [5.74, 6) is -1.18. The van der Waals surface area contributed by atoms with E-state index in [-0.39, 0.29) is 5.69 Å². The highest BCUT2D eigenvalue weighted by Crippen LogP contribution is 2.25. The smallest absolute Gasteiger partial charge is 0.237 e. The molecular formula is C19H18F2N4OS. The second-order valence-electron chi connectivity index (χ2n) is 5.98. The Balaban J connectivity index is 1.70. The average Bonchev–Trinajstić information content (AvgIpc) is 2.98. The molecule has 1 heterocycles. The first-order valence-corrected chi connectivity index (χ1v) is 9.18. The van der Waals surface area contributed by atoms with E-state index in [0.29, 0.717) is 11.7 Å². The zero-order chi connectivity index (χ0) is 19.4. The lowest BCUT2D eigenvalue weighted by Crippen LogP contribution is -2.23. The maximum absolute atomic E-state index is 13.7. The van der Waals surface area contributed by atoms with Crippen LogP contribution in [-0.4, -0.2) is 25.9 Å². The number of carbonyl (C=O) groups excluding carboxylic acids is 1. The summed E-state index contributed by atoms with van der Waals surface area (Å²) in [4.78, 5) is 12.4. The number of nitrogens with one attached hydrogen (secondary N) is 1. The molecule has 1 aromatic heterocycles. The number of halogens is 2. The minimum Gasteiger partial charge on any atom is -0.323 e. The van der Waals surface area contributed by atoms with Crippen LogP contribution < -0.4 is 5.32 Å². The van der Waals surface area contributed by atoms with Crippen molar-refractivity contribution >= 4 is 23.4 Å². The lowest BCUT2D eigenvalue weighted by Gasteiger charge is -2.13. The Hall–Kier alpha value is -2.74. The summed E-state index contributed by atoms with van der Waals surface area (Å²) < 4.78 is 28.6. The fourth-order valence-corrected chi connectivity index (χ4v) is 3.33. The van der Waals surface area contributed by atoms with Gasteiger partial charge in [-0.3, -0.25) is 4.79 Å². The fourth-order valence-electron chi connectivity index (χ4n) is 2.43. The van der Waals surface area contributed by atoms with Crippen molar-refractivity contribution in [2.24, 2.45) is 0 Å². The first-order valence-electron chi connectivity index (χ1n) is 8.30. The summed E-state index contributed by atoms with van der Waals surface area (Å²) >= 11 is 1.23. The molecule has 0 spiro atoms. The number of aromatic nitrogens is 3. The summed E-state index contributed by atoms with van der Waals surface area (Å²) in [6.07, 6.45) is 0. The highest BCUT2D eigenvalue weighted by molar-refractivity contribution is 8.00. The van der Waals surface area contributed by atoms with Gasteiger partial charge in [0.2, 0.25) is 5.91 Å². The Labute approximate surface area is 159 Å². The lowest BCUT2D eigenvalue weighted by atomic mass is 10.2. The second-order valence-corrected chi connectivity index (χ2v) is 7.28. The van der Waals surface area contributed by atoms with Crippen molar-refractivity contribution in [1.29, 1.82) is 0 Å². The summed E-state index contributed by atoms with van der Waals surface area (Å²) in [5, 5.41) is 10.8. The Morgan fingerprint density at radius 1 is 1.19 bits per heavy atom. The van der Waals surface area contributed by atoms with Crippen molar-refractivity contribution in [3.8, 4) is 0 Å². The number of anilines is 1. The molecule has 140 valence electrons. The van der Waals surface area contributed by atoms with Gasteiger partial charge >= 0.3 is 0 Å². The van der Waals surface area contributed by atoms with E-state index in [9.17, 15) is 13.6 Å². The van der Waals surface area contributed by atoms with Crippen LogP contribution in [0, 0.1) is 18.6 Å². The molecule has 5 nitrogen and oxygen atoms in total. The highest BCUT2D eigenvalue weighted by Gasteiger charge is 2.20. The molecule has 0 aliphatic rings.